The summed E-state index contributed by atoms with van der Waals surface area (Å²) in [7, 11) is 0. The van der Waals surface area contributed by atoms with Gasteiger partial charge in [-0.05, 0) is 48.9 Å². The predicted molar refractivity (Wildman–Crippen MR) is 84.4 cm³/mol. The van der Waals surface area contributed by atoms with Gasteiger partial charge in [0, 0.05) is 11.1 Å². The molecule has 1 aliphatic carbocycles. The molecule has 2 aromatic rings. The Hall–Kier alpha value is -2.13. The summed E-state index contributed by atoms with van der Waals surface area (Å²) in [6.45, 7) is 0. The van der Waals surface area contributed by atoms with Crippen LogP contribution in [0.15, 0.2) is 29.3 Å². The van der Waals surface area contributed by atoms with Crippen molar-refractivity contribution in [2.45, 2.75) is 31.9 Å². The topological polar surface area (TPSA) is 36.1 Å². The monoisotopic (exact) mass is 334 g/mol. The third-order valence-electron chi connectivity index (χ3n) is 3.81. The second-order valence-corrected chi connectivity index (χ2v) is 6.47. The Balaban J connectivity index is 1.92. The highest BCUT2D eigenvalue weighted by atomic mass is 32.1. The second kappa shape index (κ2) is 6.17. The second-order valence-electron chi connectivity index (χ2n) is 5.38. The Labute approximate surface area is 135 Å². The van der Waals surface area contributed by atoms with Gasteiger partial charge in [-0.1, -0.05) is 12.1 Å². The molecule has 0 unspecified atom stereocenters. The van der Waals surface area contributed by atoms with Crippen molar-refractivity contribution < 1.29 is 13.2 Å². The summed E-state index contributed by atoms with van der Waals surface area (Å²) < 4.78 is 38.2. The maximum Gasteiger partial charge on any atom is 0.416 e. The smallest absolute Gasteiger partial charge is 0.244 e. The van der Waals surface area contributed by atoms with Crippen molar-refractivity contribution in [2.24, 2.45) is 4.99 Å². The number of alkyl halides is 3. The Morgan fingerprint density at radius 3 is 2.74 bits per heavy atom. The minimum atomic E-state index is -4.37. The summed E-state index contributed by atoms with van der Waals surface area (Å²) in [5.41, 5.74) is 1.32. The number of aliphatic imine (C=N–C) groups is 1. The molecule has 0 saturated carbocycles. The van der Waals surface area contributed by atoms with Gasteiger partial charge >= 0.3 is 6.18 Å². The number of benzene rings is 1. The summed E-state index contributed by atoms with van der Waals surface area (Å²) in [5.74, 6) is 0. The van der Waals surface area contributed by atoms with E-state index in [1.54, 1.807) is 6.07 Å². The lowest BCUT2D eigenvalue weighted by molar-refractivity contribution is -0.137. The fraction of sp³-hybridized carbons (Fsp3) is 0.294. The van der Waals surface area contributed by atoms with Crippen LogP contribution in [0.2, 0.25) is 0 Å². The van der Waals surface area contributed by atoms with Gasteiger partial charge in [-0.25, -0.2) is 4.99 Å². The van der Waals surface area contributed by atoms with Crippen molar-refractivity contribution in [2.75, 3.05) is 0 Å². The molecule has 0 aliphatic heterocycles. The van der Waals surface area contributed by atoms with Crippen LogP contribution in [0.5, 0.6) is 0 Å². The molecule has 1 aromatic carbocycles. The fourth-order valence-electron chi connectivity index (χ4n) is 2.69. The SMILES string of the molecule is N#Cc1c(N=Cc2cccc(C(F)(F)F)c2)sc2c1CCCC2. The van der Waals surface area contributed by atoms with Crippen LogP contribution in [-0.4, -0.2) is 6.21 Å². The van der Waals surface area contributed by atoms with E-state index in [-0.39, 0.29) is 0 Å². The molecule has 118 valence electrons. The van der Waals surface area contributed by atoms with E-state index in [4.69, 9.17) is 0 Å². The molecule has 1 aromatic heterocycles. The Kier molecular flexibility index (Phi) is 4.22. The molecule has 0 radical (unpaired) electrons. The van der Waals surface area contributed by atoms with Gasteiger partial charge in [0.2, 0.25) is 0 Å². The van der Waals surface area contributed by atoms with E-state index >= 15 is 0 Å². The maximum atomic E-state index is 12.7. The zero-order chi connectivity index (χ0) is 16.4. The molecule has 0 amide bonds. The minimum absolute atomic E-state index is 0.370. The first-order valence-corrected chi connectivity index (χ1v) is 8.06. The van der Waals surface area contributed by atoms with Gasteiger partial charge in [0.1, 0.15) is 11.1 Å². The number of rotatable bonds is 2. The van der Waals surface area contributed by atoms with Gasteiger partial charge in [-0.2, -0.15) is 18.4 Å². The molecular formula is C17H13F3N2S. The highest BCUT2D eigenvalue weighted by Gasteiger charge is 2.30. The number of hydrogen-bond acceptors (Lipinski definition) is 3. The summed E-state index contributed by atoms with van der Waals surface area (Å²) in [4.78, 5) is 5.46. The number of fused-ring (bicyclic) bond motifs is 1. The van der Waals surface area contributed by atoms with E-state index < -0.39 is 11.7 Å². The maximum absolute atomic E-state index is 12.7. The van der Waals surface area contributed by atoms with E-state index in [1.807, 2.05) is 0 Å². The van der Waals surface area contributed by atoms with E-state index in [9.17, 15) is 18.4 Å². The van der Waals surface area contributed by atoms with Gasteiger partial charge in [0.25, 0.3) is 0 Å². The summed E-state index contributed by atoms with van der Waals surface area (Å²) in [6, 6.07) is 7.20. The molecule has 0 bridgehead atoms. The Morgan fingerprint density at radius 1 is 1.22 bits per heavy atom. The van der Waals surface area contributed by atoms with E-state index in [0.29, 0.717) is 16.1 Å². The van der Waals surface area contributed by atoms with E-state index in [2.05, 4.69) is 11.1 Å². The molecule has 1 aliphatic rings. The van der Waals surface area contributed by atoms with Gasteiger partial charge in [0.05, 0.1) is 11.1 Å². The van der Waals surface area contributed by atoms with Crippen molar-refractivity contribution in [1.82, 2.24) is 0 Å². The summed E-state index contributed by atoms with van der Waals surface area (Å²) in [6.07, 6.45) is 1.03. The van der Waals surface area contributed by atoms with Crippen LogP contribution in [0.1, 0.15) is 40.0 Å². The first-order chi connectivity index (χ1) is 11.0. The first kappa shape index (κ1) is 15.8. The summed E-state index contributed by atoms with van der Waals surface area (Å²) >= 11 is 1.47. The minimum Gasteiger partial charge on any atom is -0.244 e. The average Bonchev–Trinajstić information content (AvgIpc) is 2.90. The molecule has 0 spiro atoms. The molecule has 1 heterocycles. The molecule has 6 heteroatoms. The highest BCUT2D eigenvalue weighted by molar-refractivity contribution is 7.16. The normalized spacial score (nSPS) is 14.7. The van der Waals surface area contributed by atoms with Crippen molar-refractivity contribution in [3.8, 4) is 6.07 Å². The third-order valence-corrected chi connectivity index (χ3v) is 5.01. The molecular weight excluding hydrogens is 321 g/mol. The largest absolute Gasteiger partial charge is 0.416 e. The molecule has 23 heavy (non-hydrogen) atoms. The zero-order valence-corrected chi connectivity index (χ0v) is 13.0. The predicted octanol–water partition coefficient (Wildman–Crippen LogP) is 5.27. The van der Waals surface area contributed by atoms with Crippen molar-refractivity contribution in [3.63, 3.8) is 0 Å². The van der Waals surface area contributed by atoms with Crippen LogP contribution < -0.4 is 0 Å². The van der Waals surface area contributed by atoms with E-state index in [0.717, 1.165) is 43.4 Å². The molecule has 3 rings (SSSR count). The van der Waals surface area contributed by atoms with Gasteiger partial charge < -0.3 is 0 Å². The van der Waals surface area contributed by atoms with Crippen LogP contribution >= 0.6 is 11.3 Å². The molecule has 0 saturated heterocycles. The van der Waals surface area contributed by atoms with Crippen LogP contribution in [0.4, 0.5) is 18.2 Å². The highest BCUT2D eigenvalue weighted by Crippen LogP contribution is 2.39. The Morgan fingerprint density at radius 2 is 2.00 bits per heavy atom. The van der Waals surface area contributed by atoms with Crippen molar-refractivity contribution in [3.05, 3.63) is 51.4 Å². The molecule has 0 N–H and O–H groups in total. The first-order valence-electron chi connectivity index (χ1n) is 7.25. The molecule has 0 atom stereocenters. The van der Waals surface area contributed by atoms with Crippen LogP contribution in [0, 0.1) is 11.3 Å². The zero-order valence-electron chi connectivity index (χ0n) is 12.2. The number of thiophene rings is 1. The molecule has 0 fully saturated rings. The van der Waals surface area contributed by atoms with Gasteiger partial charge in [-0.15, -0.1) is 11.3 Å². The van der Waals surface area contributed by atoms with Crippen LogP contribution in [-0.2, 0) is 19.0 Å². The Bertz CT molecular complexity index is 797. The van der Waals surface area contributed by atoms with Gasteiger partial charge in [-0.3, -0.25) is 0 Å². The lowest BCUT2D eigenvalue weighted by atomic mass is 9.96. The number of nitriles is 1. The van der Waals surface area contributed by atoms with Crippen molar-refractivity contribution in [1.29, 1.82) is 5.26 Å². The van der Waals surface area contributed by atoms with Crippen LogP contribution in [0.25, 0.3) is 0 Å². The standard InChI is InChI=1S/C17H13F3N2S/c18-17(19,20)12-5-3-4-11(8-12)10-22-16-14(9-21)13-6-1-2-7-15(13)23-16/h3-5,8,10H,1-2,6-7H2. The average molecular weight is 334 g/mol. The molecule has 2 nitrogen and oxygen atoms in total. The fourth-order valence-corrected chi connectivity index (χ4v) is 3.87. The quantitative estimate of drug-likeness (QED) is 0.689. The van der Waals surface area contributed by atoms with Crippen molar-refractivity contribution >= 4 is 22.6 Å². The lowest BCUT2D eigenvalue weighted by Gasteiger charge is -2.09. The third kappa shape index (κ3) is 3.30. The van der Waals surface area contributed by atoms with Gasteiger partial charge in [0.15, 0.2) is 0 Å². The summed E-state index contributed by atoms with van der Waals surface area (Å²) in [5, 5.41) is 9.94. The lowest BCUT2D eigenvalue weighted by Crippen LogP contribution is -2.04. The number of hydrogen-bond donors (Lipinski definition) is 0. The van der Waals surface area contributed by atoms with Crippen LogP contribution in [0.3, 0.4) is 0 Å². The number of nitrogens with zero attached hydrogens (tertiary/aromatic N) is 2. The number of halogens is 3. The van der Waals surface area contributed by atoms with E-state index in [1.165, 1.54) is 28.5 Å². The number of aryl methyl sites for hydroxylation is 1.